The molecular formula is C13H26N2S2. The summed E-state index contributed by atoms with van der Waals surface area (Å²) in [7, 11) is 0. The van der Waals surface area contributed by atoms with Gasteiger partial charge in [-0.25, -0.2) is 0 Å². The minimum atomic E-state index is 0.00866. The summed E-state index contributed by atoms with van der Waals surface area (Å²) in [6.07, 6.45) is 2.28. The van der Waals surface area contributed by atoms with Gasteiger partial charge >= 0.3 is 0 Å². The Morgan fingerprint density at radius 3 is 2.71 bits per heavy atom. The highest BCUT2D eigenvalue weighted by molar-refractivity contribution is 8.00. The zero-order valence-corrected chi connectivity index (χ0v) is 13.2. The van der Waals surface area contributed by atoms with Crippen molar-refractivity contribution in [2.45, 2.75) is 51.8 Å². The van der Waals surface area contributed by atoms with Crippen LogP contribution in [0.3, 0.4) is 0 Å². The first-order valence-corrected chi connectivity index (χ1v) is 7.96. The summed E-state index contributed by atoms with van der Waals surface area (Å²) in [5, 5.41) is 0.757. The summed E-state index contributed by atoms with van der Waals surface area (Å²) in [6.45, 7) is 11.4. The molecule has 17 heavy (non-hydrogen) atoms. The highest BCUT2D eigenvalue weighted by Crippen LogP contribution is 2.26. The highest BCUT2D eigenvalue weighted by Gasteiger charge is 2.26. The van der Waals surface area contributed by atoms with Crippen molar-refractivity contribution in [2.24, 2.45) is 11.1 Å². The van der Waals surface area contributed by atoms with Crippen LogP contribution < -0.4 is 5.73 Å². The van der Waals surface area contributed by atoms with Gasteiger partial charge < -0.3 is 5.73 Å². The Morgan fingerprint density at radius 1 is 1.47 bits per heavy atom. The maximum absolute atomic E-state index is 5.75. The number of thiocarbonyl (C=S) groups is 1. The minimum Gasteiger partial charge on any atom is -0.393 e. The number of hydrogen-bond acceptors (Lipinski definition) is 3. The van der Waals surface area contributed by atoms with E-state index >= 15 is 0 Å². The van der Waals surface area contributed by atoms with E-state index in [2.05, 4.69) is 44.4 Å². The zero-order chi connectivity index (χ0) is 13.1. The third kappa shape index (κ3) is 4.42. The first-order valence-electron chi connectivity index (χ1n) is 6.50. The van der Waals surface area contributed by atoms with Crippen molar-refractivity contribution in [1.82, 2.24) is 4.90 Å². The first kappa shape index (κ1) is 15.3. The number of rotatable bonds is 5. The van der Waals surface area contributed by atoms with Gasteiger partial charge in [-0.2, -0.15) is 11.8 Å². The lowest BCUT2D eigenvalue weighted by Gasteiger charge is -2.38. The average molecular weight is 274 g/mol. The SMILES string of the molecule is CC1SCCN(CCCC(C)(C)C(N)=S)C1C. The summed E-state index contributed by atoms with van der Waals surface area (Å²) in [6, 6.07) is 0.696. The van der Waals surface area contributed by atoms with Crippen LogP contribution in [0.2, 0.25) is 0 Å². The van der Waals surface area contributed by atoms with Crippen molar-refractivity contribution < 1.29 is 0 Å². The van der Waals surface area contributed by atoms with Crippen LogP contribution in [0.4, 0.5) is 0 Å². The Kier molecular flexibility index (Phi) is 5.74. The van der Waals surface area contributed by atoms with Crippen molar-refractivity contribution >= 4 is 29.0 Å². The molecule has 0 radical (unpaired) electrons. The molecule has 0 aliphatic carbocycles. The Balaban J connectivity index is 2.33. The second-order valence-corrected chi connectivity index (χ2v) is 7.63. The van der Waals surface area contributed by atoms with Crippen molar-refractivity contribution in [3.05, 3.63) is 0 Å². The van der Waals surface area contributed by atoms with Crippen molar-refractivity contribution in [3.63, 3.8) is 0 Å². The van der Waals surface area contributed by atoms with Gasteiger partial charge in [0.1, 0.15) is 0 Å². The number of thioether (sulfide) groups is 1. The molecule has 1 heterocycles. The fourth-order valence-electron chi connectivity index (χ4n) is 2.16. The Hall–Kier alpha value is 0.200. The summed E-state index contributed by atoms with van der Waals surface area (Å²) in [4.78, 5) is 3.25. The number of nitrogens with zero attached hydrogens (tertiary/aromatic N) is 1. The fraction of sp³-hybridized carbons (Fsp3) is 0.923. The van der Waals surface area contributed by atoms with Gasteiger partial charge in [0, 0.05) is 29.0 Å². The van der Waals surface area contributed by atoms with Gasteiger partial charge in [0.05, 0.1) is 4.99 Å². The molecule has 0 bridgehead atoms. The first-order chi connectivity index (χ1) is 7.84. The third-order valence-corrected chi connectivity index (χ3v) is 5.82. The molecule has 0 aromatic carbocycles. The molecule has 0 spiro atoms. The third-order valence-electron chi connectivity index (χ3n) is 3.93. The largest absolute Gasteiger partial charge is 0.393 e. The number of nitrogens with two attached hydrogens (primary N) is 1. The van der Waals surface area contributed by atoms with E-state index in [4.69, 9.17) is 18.0 Å². The van der Waals surface area contributed by atoms with Gasteiger partial charge in [-0.15, -0.1) is 0 Å². The second-order valence-electron chi connectivity index (χ2n) is 5.70. The topological polar surface area (TPSA) is 29.3 Å². The van der Waals surface area contributed by atoms with Crippen LogP contribution in [0.5, 0.6) is 0 Å². The van der Waals surface area contributed by atoms with E-state index < -0.39 is 0 Å². The molecule has 2 N–H and O–H groups in total. The van der Waals surface area contributed by atoms with E-state index in [0.717, 1.165) is 11.7 Å². The zero-order valence-electron chi connectivity index (χ0n) is 11.5. The van der Waals surface area contributed by atoms with Crippen LogP contribution in [0.15, 0.2) is 0 Å². The Labute approximate surface area is 116 Å². The summed E-state index contributed by atoms with van der Waals surface area (Å²) in [5.74, 6) is 1.27. The quantitative estimate of drug-likeness (QED) is 0.781. The number of hydrogen-bond donors (Lipinski definition) is 1. The molecule has 4 heteroatoms. The van der Waals surface area contributed by atoms with Crippen LogP contribution in [-0.4, -0.2) is 40.0 Å². The molecule has 1 aliphatic rings. The van der Waals surface area contributed by atoms with E-state index in [0.29, 0.717) is 11.0 Å². The molecule has 0 aromatic heterocycles. The van der Waals surface area contributed by atoms with E-state index in [1.807, 2.05) is 0 Å². The molecule has 0 saturated carbocycles. The molecule has 0 amide bonds. The summed E-state index contributed by atoms with van der Waals surface area (Å²) in [5.41, 5.74) is 5.76. The standard InChI is InChI=1S/C13H26N2S2/c1-10-11(2)17-9-8-15(10)7-5-6-13(3,4)12(14)16/h10-11H,5-9H2,1-4H3,(H2,14,16). The predicted octanol–water partition coefficient (Wildman–Crippen LogP) is 2.90. The van der Waals surface area contributed by atoms with Gasteiger partial charge in [0.25, 0.3) is 0 Å². The molecule has 0 aromatic rings. The molecule has 1 rings (SSSR count). The van der Waals surface area contributed by atoms with Crippen LogP contribution in [-0.2, 0) is 0 Å². The Bertz CT molecular complexity index is 266. The van der Waals surface area contributed by atoms with E-state index in [-0.39, 0.29) is 5.41 Å². The molecule has 2 nitrogen and oxygen atoms in total. The molecule has 1 fully saturated rings. The monoisotopic (exact) mass is 274 g/mol. The van der Waals surface area contributed by atoms with Gasteiger partial charge in [-0.1, -0.05) is 33.0 Å². The van der Waals surface area contributed by atoms with Crippen molar-refractivity contribution in [1.29, 1.82) is 0 Å². The lowest BCUT2D eigenvalue weighted by Crippen LogP contribution is -2.45. The maximum Gasteiger partial charge on any atom is 0.0784 e. The van der Waals surface area contributed by atoms with Crippen LogP contribution in [0.1, 0.15) is 40.5 Å². The van der Waals surface area contributed by atoms with Crippen LogP contribution in [0, 0.1) is 5.41 Å². The minimum absolute atomic E-state index is 0.00866. The van der Waals surface area contributed by atoms with E-state index in [1.54, 1.807) is 0 Å². The maximum atomic E-state index is 5.75. The smallest absolute Gasteiger partial charge is 0.0784 e. The van der Waals surface area contributed by atoms with Gasteiger partial charge in [-0.3, -0.25) is 4.90 Å². The lowest BCUT2D eigenvalue weighted by atomic mass is 9.88. The summed E-state index contributed by atoms with van der Waals surface area (Å²) < 4.78 is 0. The fourth-order valence-corrected chi connectivity index (χ4v) is 3.42. The molecule has 1 aliphatic heterocycles. The average Bonchev–Trinajstić information content (AvgIpc) is 2.24. The molecule has 100 valence electrons. The van der Waals surface area contributed by atoms with Crippen molar-refractivity contribution in [2.75, 3.05) is 18.8 Å². The molecule has 2 unspecified atom stereocenters. The predicted molar refractivity (Wildman–Crippen MR) is 82.8 cm³/mol. The highest BCUT2D eigenvalue weighted by atomic mass is 32.2. The van der Waals surface area contributed by atoms with Crippen LogP contribution >= 0.6 is 24.0 Å². The normalized spacial score (nSPS) is 27.1. The van der Waals surface area contributed by atoms with E-state index in [9.17, 15) is 0 Å². The second kappa shape index (κ2) is 6.39. The van der Waals surface area contributed by atoms with Crippen LogP contribution in [0.25, 0.3) is 0 Å². The van der Waals surface area contributed by atoms with E-state index in [1.165, 1.54) is 25.3 Å². The van der Waals surface area contributed by atoms with Gasteiger partial charge in [0.2, 0.25) is 0 Å². The summed E-state index contributed by atoms with van der Waals surface area (Å²) >= 11 is 7.20. The Morgan fingerprint density at radius 2 is 2.12 bits per heavy atom. The van der Waals surface area contributed by atoms with Gasteiger partial charge in [-0.05, 0) is 26.3 Å². The van der Waals surface area contributed by atoms with Crippen molar-refractivity contribution in [3.8, 4) is 0 Å². The lowest BCUT2D eigenvalue weighted by molar-refractivity contribution is 0.203. The van der Waals surface area contributed by atoms with Gasteiger partial charge in [0.15, 0.2) is 0 Å². The molecule has 2 atom stereocenters. The molecular weight excluding hydrogens is 248 g/mol. The molecule has 1 saturated heterocycles.